The predicted octanol–water partition coefficient (Wildman–Crippen LogP) is 0.697. The molecule has 0 radical (unpaired) electrons. The lowest BCUT2D eigenvalue weighted by molar-refractivity contribution is -0.121. The monoisotopic (exact) mass is 291 g/mol. The predicted molar refractivity (Wildman–Crippen MR) is 84.4 cm³/mol. The summed E-state index contributed by atoms with van der Waals surface area (Å²) in [6.07, 6.45) is 1.42. The highest BCUT2D eigenvalue weighted by Crippen LogP contribution is 2.15. The zero-order chi connectivity index (χ0) is 14.9. The van der Waals surface area contributed by atoms with Crippen LogP contribution in [0, 0.1) is 0 Å². The summed E-state index contributed by atoms with van der Waals surface area (Å²) in [7, 11) is 0. The number of amides is 1. The van der Waals surface area contributed by atoms with E-state index in [2.05, 4.69) is 39.4 Å². The Hall–Kier alpha value is -1.59. The first-order valence-electron chi connectivity index (χ1n) is 7.69. The maximum Gasteiger partial charge on any atom is 0.220 e. The molecule has 116 valence electrons. The minimum atomic E-state index is 0.00713. The quantitative estimate of drug-likeness (QED) is 0.776. The van der Waals surface area contributed by atoms with Gasteiger partial charge in [-0.15, -0.1) is 0 Å². The van der Waals surface area contributed by atoms with Crippen LogP contribution in [0.25, 0.3) is 0 Å². The van der Waals surface area contributed by atoms with Gasteiger partial charge in [-0.3, -0.25) is 9.69 Å². The molecule has 1 saturated heterocycles. The van der Waals surface area contributed by atoms with Crippen LogP contribution in [-0.4, -0.2) is 61.8 Å². The maximum atomic E-state index is 11.4. The van der Waals surface area contributed by atoms with Crippen LogP contribution in [0.2, 0.25) is 0 Å². The minimum absolute atomic E-state index is 0.00713. The molecule has 1 fully saturated rings. The highest BCUT2D eigenvalue weighted by Gasteiger charge is 2.16. The van der Waals surface area contributed by atoms with Gasteiger partial charge >= 0.3 is 0 Å². The molecule has 1 aliphatic heterocycles. The molecule has 0 unspecified atom stereocenters. The van der Waals surface area contributed by atoms with Gasteiger partial charge in [-0.1, -0.05) is 18.2 Å². The van der Waals surface area contributed by atoms with Crippen molar-refractivity contribution >= 4 is 11.6 Å². The van der Waals surface area contributed by atoms with Gasteiger partial charge in [0.25, 0.3) is 0 Å². The Morgan fingerprint density at radius 2 is 1.86 bits per heavy atom. The van der Waals surface area contributed by atoms with E-state index in [0.29, 0.717) is 13.0 Å². The maximum absolute atomic E-state index is 11.4. The lowest BCUT2D eigenvalue weighted by atomic mass is 10.2. The molecule has 5 heteroatoms. The van der Waals surface area contributed by atoms with Crippen LogP contribution in [0.5, 0.6) is 0 Å². The fraction of sp³-hybridized carbons (Fsp3) is 0.562. The number of anilines is 1. The topological polar surface area (TPSA) is 55.8 Å². The Morgan fingerprint density at radius 1 is 1.14 bits per heavy atom. The fourth-order valence-corrected chi connectivity index (χ4v) is 2.62. The van der Waals surface area contributed by atoms with Gasteiger partial charge in [0.1, 0.15) is 0 Å². The van der Waals surface area contributed by atoms with Crippen molar-refractivity contribution in [2.24, 2.45) is 0 Å². The smallest absolute Gasteiger partial charge is 0.220 e. The molecule has 1 amide bonds. The van der Waals surface area contributed by atoms with E-state index >= 15 is 0 Å². The number of rotatable bonds is 7. The second kappa shape index (κ2) is 8.64. The Bertz CT molecular complexity index is 417. The molecule has 0 saturated carbocycles. The number of nitrogens with one attached hydrogen (secondary N) is 1. The number of aliphatic hydroxyl groups excluding tert-OH is 1. The molecular formula is C16H25N3O2. The van der Waals surface area contributed by atoms with E-state index in [4.69, 9.17) is 5.11 Å². The van der Waals surface area contributed by atoms with Gasteiger partial charge < -0.3 is 15.3 Å². The van der Waals surface area contributed by atoms with Crippen molar-refractivity contribution in [1.29, 1.82) is 0 Å². The molecular weight excluding hydrogens is 266 g/mol. The molecule has 5 nitrogen and oxygen atoms in total. The number of benzene rings is 1. The summed E-state index contributed by atoms with van der Waals surface area (Å²) in [6.45, 7) is 5.51. The summed E-state index contributed by atoms with van der Waals surface area (Å²) in [4.78, 5) is 16.3. The van der Waals surface area contributed by atoms with Crippen LogP contribution in [0.1, 0.15) is 12.8 Å². The standard InChI is InChI=1S/C16H25N3O2/c20-14-8-17-16(21)7-4-9-18-10-12-19(13-11-18)15-5-2-1-3-6-15/h1-3,5-6,20H,4,7-14H2,(H,17,21). The average Bonchev–Trinajstić information content (AvgIpc) is 2.54. The highest BCUT2D eigenvalue weighted by atomic mass is 16.3. The van der Waals surface area contributed by atoms with E-state index in [0.717, 1.165) is 39.1 Å². The zero-order valence-electron chi connectivity index (χ0n) is 12.5. The van der Waals surface area contributed by atoms with Crippen LogP contribution in [-0.2, 0) is 4.79 Å². The second-order valence-electron chi connectivity index (χ2n) is 5.34. The summed E-state index contributed by atoms with van der Waals surface area (Å²) < 4.78 is 0. The van der Waals surface area contributed by atoms with Crippen molar-refractivity contribution in [3.05, 3.63) is 30.3 Å². The number of hydrogen-bond donors (Lipinski definition) is 2. The van der Waals surface area contributed by atoms with Crippen LogP contribution in [0.4, 0.5) is 5.69 Å². The third-order valence-corrected chi connectivity index (χ3v) is 3.81. The van der Waals surface area contributed by atoms with Gasteiger partial charge in [-0.05, 0) is 25.1 Å². The Balaban J connectivity index is 1.62. The van der Waals surface area contributed by atoms with Crippen molar-refractivity contribution in [3.63, 3.8) is 0 Å². The van der Waals surface area contributed by atoms with Gasteiger partial charge in [0.2, 0.25) is 5.91 Å². The van der Waals surface area contributed by atoms with Gasteiger partial charge in [0.05, 0.1) is 6.61 Å². The lowest BCUT2D eigenvalue weighted by Crippen LogP contribution is -2.46. The van der Waals surface area contributed by atoms with Crippen molar-refractivity contribution < 1.29 is 9.90 Å². The summed E-state index contributed by atoms with van der Waals surface area (Å²) >= 11 is 0. The van der Waals surface area contributed by atoms with E-state index in [9.17, 15) is 4.79 Å². The summed E-state index contributed by atoms with van der Waals surface area (Å²) in [6, 6.07) is 10.5. The number of carbonyl (C=O) groups is 1. The Morgan fingerprint density at radius 3 is 2.52 bits per heavy atom. The van der Waals surface area contributed by atoms with E-state index in [-0.39, 0.29) is 12.5 Å². The van der Waals surface area contributed by atoms with Crippen LogP contribution >= 0.6 is 0 Å². The highest BCUT2D eigenvalue weighted by molar-refractivity contribution is 5.75. The molecule has 0 aromatic heterocycles. The van der Waals surface area contributed by atoms with Crippen molar-refractivity contribution in [2.45, 2.75) is 12.8 Å². The minimum Gasteiger partial charge on any atom is -0.395 e. The van der Waals surface area contributed by atoms with Gasteiger partial charge in [0.15, 0.2) is 0 Å². The number of hydrogen-bond acceptors (Lipinski definition) is 4. The van der Waals surface area contributed by atoms with Crippen LogP contribution in [0.3, 0.4) is 0 Å². The fourth-order valence-electron chi connectivity index (χ4n) is 2.62. The summed E-state index contributed by atoms with van der Waals surface area (Å²) in [5.41, 5.74) is 1.29. The molecule has 1 aliphatic rings. The molecule has 2 rings (SSSR count). The number of nitrogens with zero attached hydrogens (tertiary/aromatic N) is 2. The molecule has 2 N–H and O–H groups in total. The first kappa shape index (κ1) is 15.8. The van der Waals surface area contributed by atoms with Crippen LogP contribution < -0.4 is 10.2 Å². The van der Waals surface area contributed by atoms with Crippen molar-refractivity contribution in [1.82, 2.24) is 10.2 Å². The van der Waals surface area contributed by atoms with E-state index in [1.54, 1.807) is 0 Å². The molecule has 21 heavy (non-hydrogen) atoms. The molecule has 1 heterocycles. The number of piperazine rings is 1. The van der Waals surface area contributed by atoms with E-state index in [1.807, 2.05) is 6.07 Å². The number of aliphatic hydroxyl groups is 1. The van der Waals surface area contributed by atoms with Crippen LogP contribution in [0.15, 0.2) is 30.3 Å². The van der Waals surface area contributed by atoms with E-state index in [1.165, 1.54) is 5.69 Å². The third kappa shape index (κ3) is 5.36. The summed E-state index contributed by atoms with van der Waals surface area (Å²) in [5, 5.41) is 11.3. The summed E-state index contributed by atoms with van der Waals surface area (Å²) in [5.74, 6) is 0.0342. The average molecular weight is 291 g/mol. The largest absolute Gasteiger partial charge is 0.395 e. The lowest BCUT2D eigenvalue weighted by Gasteiger charge is -2.36. The van der Waals surface area contributed by atoms with Gasteiger partial charge in [-0.25, -0.2) is 0 Å². The molecule has 0 atom stereocenters. The molecule has 1 aromatic carbocycles. The first-order chi connectivity index (χ1) is 10.3. The molecule has 0 bridgehead atoms. The number of carbonyl (C=O) groups excluding carboxylic acids is 1. The normalized spacial score (nSPS) is 16.0. The zero-order valence-corrected chi connectivity index (χ0v) is 12.5. The molecule has 0 aliphatic carbocycles. The second-order valence-corrected chi connectivity index (χ2v) is 5.34. The Labute approximate surface area is 126 Å². The van der Waals surface area contributed by atoms with Gasteiger partial charge in [-0.2, -0.15) is 0 Å². The Kier molecular flexibility index (Phi) is 6.50. The third-order valence-electron chi connectivity index (χ3n) is 3.81. The van der Waals surface area contributed by atoms with Crippen molar-refractivity contribution in [3.8, 4) is 0 Å². The first-order valence-corrected chi connectivity index (χ1v) is 7.69. The van der Waals surface area contributed by atoms with Gasteiger partial charge in [0, 0.05) is 44.8 Å². The SMILES string of the molecule is O=C(CCCN1CCN(c2ccccc2)CC1)NCCO. The van der Waals surface area contributed by atoms with E-state index < -0.39 is 0 Å². The number of para-hydroxylation sites is 1. The molecule has 1 aromatic rings. The van der Waals surface area contributed by atoms with Crippen molar-refractivity contribution in [2.75, 3.05) is 50.8 Å². The molecule has 0 spiro atoms.